The van der Waals surface area contributed by atoms with Gasteiger partial charge in [-0.05, 0) is 42.0 Å². The van der Waals surface area contributed by atoms with Crippen molar-refractivity contribution in [2.75, 3.05) is 32.7 Å². The molecule has 1 heterocycles. The van der Waals surface area contributed by atoms with Crippen LogP contribution in [0.1, 0.15) is 15.9 Å². The largest absolute Gasteiger partial charge is 0.435 e. The number of hydrogen-bond donors (Lipinski definition) is 0. The first-order valence-electron chi connectivity index (χ1n) is 9.00. The lowest BCUT2D eigenvalue weighted by atomic mass is 10.1. The van der Waals surface area contributed by atoms with E-state index < -0.39 is 6.61 Å². The molecule has 2 aromatic rings. The first-order valence-corrected chi connectivity index (χ1v) is 9.79. The highest BCUT2D eigenvalue weighted by Gasteiger charge is 2.21. The first-order chi connectivity index (χ1) is 13.5. The number of alkyl halides is 2. The molecule has 2 aromatic carbocycles. The number of carbonyl (C=O) groups excluding carboxylic acids is 1. The van der Waals surface area contributed by atoms with E-state index in [2.05, 4.69) is 49.9 Å². The summed E-state index contributed by atoms with van der Waals surface area (Å²) in [6.45, 7) is 0.831. The van der Waals surface area contributed by atoms with Gasteiger partial charge in [0.25, 0.3) is 5.91 Å². The van der Waals surface area contributed by atoms with Crippen LogP contribution < -0.4 is 4.74 Å². The predicted octanol–water partition coefficient (Wildman–Crippen LogP) is 4.52. The van der Waals surface area contributed by atoms with Crippen molar-refractivity contribution in [1.82, 2.24) is 9.80 Å². The highest BCUT2D eigenvalue weighted by molar-refractivity contribution is 9.10. The van der Waals surface area contributed by atoms with E-state index in [1.54, 1.807) is 4.90 Å². The second-order valence-electron chi connectivity index (χ2n) is 6.45. The molecule has 148 valence electrons. The third kappa shape index (κ3) is 5.87. The van der Waals surface area contributed by atoms with Crippen molar-refractivity contribution >= 4 is 27.9 Å². The monoisotopic (exact) mass is 450 g/mol. The summed E-state index contributed by atoms with van der Waals surface area (Å²) < 4.78 is 29.8. The molecule has 0 radical (unpaired) electrons. The second-order valence-corrected chi connectivity index (χ2v) is 7.37. The quantitative estimate of drug-likeness (QED) is 0.648. The lowest BCUT2D eigenvalue weighted by Gasteiger charge is -2.34. The van der Waals surface area contributed by atoms with Gasteiger partial charge in [-0.2, -0.15) is 8.78 Å². The summed E-state index contributed by atoms with van der Waals surface area (Å²) in [6, 6.07) is 13.9. The molecule has 0 unspecified atom stereocenters. The van der Waals surface area contributed by atoms with Gasteiger partial charge in [-0.15, -0.1) is 0 Å². The third-order valence-electron chi connectivity index (χ3n) is 4.53. The number of amides is 1. The summed E-state index contributed by atoms with van der Waals surface area (Å²) in [5.74, 6) is -0.0393. The van der Waals surface area contributed by atoms with E-state index in [0.717, 1.165) is 29.7 Å². The molecule has 1 saturated heterocycles. The number of ether oxygens (including phenoxy) is 1. The fraction of sp³-hybridized carbons (Fsp3) is 0.286. The average Bonchev–Trinajstić information content (AvgIpc) is 2.70. The van der Waals surface area contributed by atoms with Gasteiger partial charge in [0.05, 0.1) is 0 Å². The number of nitrogens with zero attached hydrogens (tertiary/aromatic N) is 2. The van der Waals surface area contributed by atoms with Crippen molar-refractivity contribution < 1.29 is 18.3 Å². The standard InChI is InChI=1S/C21H21BrF2N2O2/c22-18-7-3-16(4-8-18)2-1-11-25-12-14-26(15-13-25)20(27)17-5-9-19(10-6-17)28-21(23)24/h1-10,21H,11-15H2/b2-1+. The molecule has 0 N–H and O–H groups in total. The number of halogens is 3. The van der Waals surface area contributed by atoms with Crippen molar-refractivity contribution in [2.45, 2.75) is 6.61 Å². The normalized spacial score (nSPS) is 15.4. The Morgan fingerprint density at radius 2 is 1.68 bits per heavy atom. The van der Waals surface area contributed by atoms with E-state index in [-0.39, 0.29) is 11.7 Å². The van der Waals surface area contributed by atoms with Crippen LogP contribution in [0.25, 0.3) is 6.08 Å². The zero-order valence-corrected chi connectivity index (χ0v) is 16.8. The maximum absolute atomic E-state index is 12.6. The number of hydrogen-bond acceptors (Lipinski definition) is 3. The summed E-state index contributed by atoms with van der Waals surface area (Å²) in [4.78, 5) is 16.6. The lowest BCUT2D eigenvalue weighted by Crippen LogP contribution is -2.48. The molecule has 1 aliphatic heterocycles. The van der Waals surface area contributed by atoms with E-state index in [1.165, 1.54) is 24.3 Å². The van der Waals surface area contributed by atoms with Gasteiger partial charge < -0.3 is 9.64 Å². The summed E-state index contributed by atoms with van der Waals surface area (Å²) in [5, 5.41) is 0. The van der Waals surface area contributed by atoms with E-state index in [9.17, 15) is 13.6 Å². The zero-order chi connectivity index (χ0) is 19.9. The molecule has 1 amide bonds. The van der Waals surface area contributed by atoms with Gasteiger partial charge in [-0.1, -0.05) is 40.2 Å². The van der Waals surface area contributed by atoms with Crippen molar-refractivity contribution in [3.8, 4) is 5.75 Å². The third-order valence-corrected chi connectivity index (χ3v) is 5.06. The minimum atomic E-state index is -2.87. The molecule has 28 heavy (non-hydrogen) atoms. The molecular formula is C21H21BrF2N2O2. The Morgan fingerprint density at radius 3 is 2.29 bits per heavy atom. The van der Waals surface area contributed by atoms with E-state index in [0.29, 0.717) is 18.7 Å². The van der Waals surface area contributed by atoms with Crippen LogP contribution >= 0.6 is 15.9 Å². The van der Waals surface area contributed by atoms with Crippen molar-refractivity contribution in [2.24, 2.45) is 0 Å². The summed E-state index contributed by atoms with van der Waals surface area (Å²) >= 11 is 3.42. The van der Waals surface area contributed by atoms with Gasteiger partial charge in [0.15, 0.2) is 0 Å². The Labute approximate surface area is 171 Å². The van der Waals surface area contributed by atoms with Crippen LogP contribution in [0.4, 0.5) is 8.78 Å². The van der Waals surface area contributed by atoms with Gasteiger partial charge in [-0.25, -0.2) is 0 Å². The Bertz CT molecular complexity index is 802. The topological polar surface area (TPSA) is 32.8 Å². The van der Waals surface area contributed by atoms with Gasteiger partial charge in [0, 0.05) is 42.8 Å². The average molecular weight is 451 g/mol. The van der Waals surface area contributed by atoms with Crippen LogP contribution in [0.15, 0.2) is 59.1 Å². The fourth-order valence-corrected chi connectivity index (χ4v) is 3.27. The number of benzene rings is 2. The lowest BCUT2D eigenvalue weighted by molar-refractivity contribution is -0.0498. The van der Waals surface area contributed by atoms with Gasteiger partial charge in [-0.3, -0.25) is 9.69 Å². The maximum atomic E-state index is 12.6. The summed E-state index contributed by atoms with van der Waals surface area (Å²) in [6.07, 6.45) is 4.22. The van der Waals surface area contributed by atoms with Crippen molar-refractivity contribution in [3.05, 3.63) is 70.2 Å². The molecule has 4 nitrogen and oxygen atoms in total. The highest BCUT2D eigenvalue weighted by atomic mass is 79.9. The summed E-state index contributed by atoms with van der Waals surface area (Å²) in [7, 11) is 0. The van der Waals surface area contributed by atoms with Crippen molar-refractivity contribution in [3.63, 3.8) is 0 Å². The molecule has 1 fully saturated rings. The van der Waals surface area contributed by atoms with Crippen LogP contribution in [0, 0.1) is 0 Å². The highest BCUT2D eigenvalue weighted by Crippen LogP contribution is 2.17. The van der Waals surface area contributed by atoms with Crippen LogP contribution in [0.5, 0.6) is 5.75 Å². The van der Waals surface area contributed by atoms with Crippen LogP contribution in [0.2, 0.25) is 0 Å². The molecular weight excluding hydrogens is 430 g/mol. The molecule has 3 rings (SSSR count). The Balaban J connectivity index is 1.46. The van der Waals surface area contributed by atoms with Crippen molar-refractivity contribution in [1.29, 1.82) is 0 Å². The van der Waals surface area contributed by atoms with Gasteiger partial charge in [0.2, 0.25) is 0 Å². The van der Waals surface area contributed by atoms with E-state index in [1.807, 2.05) is 12.1 Å². The number of piperazine rings is 1. The Morgan fingerprint density at radius 1 is 1.04 bits per heavy atom. The molecule has 0 atom stereocenters. The second kappa shape index (κ2) is 9.80. The van der Waals surface area contributed by atoms with E-state index in [4.69, 9.17) is 0 Å². The van der Waals surface area contributed by atoms with Gasteiger partial charge in [0.1, 0.15) is 5.75 Å². The van der Waals surface area contributed by atoms with E-state index >= 15 is 0 Å². The smallest absolute Gasteiger partial charge is 0.387 e. The van der Waals surface area contributed by atoms with Gasteiger partial charge >= 0.3 is 6.61 Å². The zero-order valence-electron chi connectivity index (χ0n) is 15.2. The maximum Gasteiger partial charge on any atom is 0.387 e. The molecule has 0 spiro atoms. The minimum Gasteiger partial charge on any atom is -0.435 e. The Kier molecular flexibility index (Phi) is 7.17. The van der Waals surface area contributed by atoms with Crippen LogP contribution in [0.3, 0.4) is 0 Å². The molecule has 0 saturated carbocycles. The minimum absolute atomic E-state index is 0.0499. The first kappa shape index (κ1) is 20.5. The number of carbonyl (C=O) groups is 1. The Hall–Kier alpha value is -2.25. The SMILES string of the molecule is O=C(c1ccc(OC(F)F)cc1)N1CCN(C/C=C/c2ccc(Br)cc2)CC1. The molecule has 7 heteroatoms. The predicted molar refractivity (Wildman–Crippen MR) is 109 cm³/mol. The van der Waals surface area contributed by atoms with Crippen LogP contribution in [-0.4, -0.2) is 55.0 Å². The fourth-order valence-electron chi connectivity index (χ4n) is 3.01. The molecule has 1 aliphatic rings. The molecule has 0 bridgehead atoms. The number of rotatable bonds is 6. The van der Waals surface area contributed by atoms with Crippen LogP contribution in [-0.2, 0) is 0 Å². The molecule has 0 aliphatic carbocycles. The summed E-state index contributed by atoms with van der Waals surface area (Å²) in [5.41, 5.74) is 1.63. The molecule has 0 aromatic heterocycles.